The number of piperidine rings is 2. The summed E-state index contributed by atoms with van der Waals surface area (Å²) in [7, 11) is 0. The summed E-state index contributed by atoms with van der Waals surface area (Å²) in [4.78, 5) is 17.0. The highest BCUT2D eigenvalue weighted by Gasteiger charge is 2.21. The molecule has 188 valence electrons. The number of thiocarbonyl (C=S) groups is 1. The molecule has 0 bridgehead atoms. The summed E-state index contributed by atoms with van der Waals surface area (Å²) in [6.07, 6.45) is 8.84. The van der Waals surface area contributed by atoms with E-state index in [4.69, 9.17) is 22.2 Å². The summed E-state index contributed by atoms with van der Waals surface area (Å²) in [5.74, 6) is 3.29. The van der Waals surface area contributed by atoms with Gasteiger partial charge in [0.25, 0.3) is 0 Å². The first-order chi connectivity index (χ1) is 17.1. The molecule has 5 rings (SSSR count). The van der Waals surface area contributed by atoms with Gasteiger partial charge in [-0.3, -0.25) is 0 Å². The number of nitrogens with one attached hydrogen (secondary N) is 2. The zero-order valence-corrected chi connectivity index (χ0v) is 21.8. The van der Waals surface area contributed by atoms with E-state index in [1.165, 1.54) is 69.3 Å². The summed E-state index contributed by atoms with van der Waals surface area (Å²) in [6.45, 7) is 9.55. The van der Waals surface area contributed by atoms with Crippen LogP contribution in [0, 0.1) is 5.92 Å². The Balaban J connectivity index is 1.24. The molecule has 0 radical (unpaired) electrons. The van der Waals surface area contributed by atoms with Crippen LogP contribution < -0.4 is 25.3 Å². The van der Waals surface area contributed by atoms with Crippen molar-refractivity contribution in [3.63, 3.8) is 0 Å². The van der Waals surface area contributed by atoms with Gasteiger partial charge in [-0.15, -0.1) is 0 Å². The van der Waals surface area contributed by atoms with Crippen molar-refractivity contribution in [2.24, 2.45) is 5.92 Å². The fraction of sp³-hybridized carbons (Fsp3) is 0.593. The lowest BCUT2D eigenvalue weighted by Crippen LogP contribution is -2.36. The molecule has 7 nitrogen and oxygen atoms in total. The average Bonchev–Trinajstić information content (AvgIpc) is 3.43. The first kappa shape index (κ1) is 24.1. The van der Waals surface area contributed by atoms with Crippen molar-refractivity contribution >= 4 is 40.6 Å². The van der Waals surface area contributed by atoms with Crippen molar-refractivity contribution in [1.29, 1.82) is 0 Å². The van der Waals surface area contributed by atoms with E-state index in [1.54, 1.807) is 0 Å². The van der Waals surface area contributed by atoms with Crippen LogP contribution >= 0.6 is 12.2 Å². The topological polar surface area (TPSA) is 59.6 Å². The number of hydrogen-bond acceptors (Lipinski definition) is 6. The summed E-state index contributed by atoms with van der Waals surface area (Å²) in [5.41, 5.74) is 2.53. The van der Waals surface area contributed by atoms with Gasteiger partial charge in [0.2, 0.25) is 5.95 Å². The standard InChI is InChI=1S/C27H39N7S/c1-21-8-7-17-34(20-21)25-18-24(33-15-3-2-4-16-33)29-26(30-25)31-27(35)28-19-22-9-11-23(12-10-22)32-13-5-6-14-32/h9-12,18,21H,2-8,13-17,19-20H2,1H3,(H2,28,29,30,31,35). The predicted molar refractivity (Wildman–Crippen MR) is 150 cm³/mol. The Kier molecular flexibility index (Phi) is 7.86. The Hall–Kier alpha value is -2.61. The zero-order chi connectivity index (χ0) is 24.0. The molecule has 0 amide bonds. The van der Waals surface area contributed by atoms with Crippen molar-refractivity contribution in [1.82, 2.24) is 15.3 Å². The highest BCUT2D eigenvalue weighted by Crippen LogP contribution is 2.27. The van der Waals surface area contributed by atoms with Crippen molar-refractivity contribution < 1.29 is 0 Å². The van der Waals surface area contributed by atoms with Gasteiger partial charge in [0.15, 0.2) is 5.11 Å². The molecule has 2 N–H and O–H groups in total. The molecule has 3 aliphatic rings. The van der Waals surface area contributed by atoms with Gasteiger partial charge in [-0.05, 0) is 80.8 Å². The van der Waals surface area contributed by atoms with Gasteiger partial charge in [-0.1, -0.05) is 19.1 Å². The number of aromatic nitrogens is 2. The van der Waals surface area contributed by atoms with Crippen LogP contribution in [-0.2, 0) is 6.54 Å². The van der Waals surface area contributed by atoms with Gasteiger partial charge in [0.05, 0.1) is 0 Å². The van der Waals surface area contributed by atoms with E-state index in [1.807, 2.05) is 0 Å². The normalized spacial score (nSPS) is 20.7. The van der Waals surface area contributed by atoms with E-state index in [-0.39, 0.29) is 0 Å². The van der Waals surface area contributed by atoms with Crippen molar-refractivity contribution in [3.8, 4) is 0 Å². The molecule has 4 heterocycles. The van der Waals surface area contributed by atoms with Gasteiger partial charge in [0, 0.05) is 57.6 Å². The molecular weight excluding hydrogens is 454 g/mol. The maximum Gasteiger partial charge on any atom is 0.232 e. The first-order valence-electron chi connectivity index (χ1n) is 13.4. The van der Waals surface area contributed by atoms with Gasteiger partial charge in [-0.2, -0.15) is 9.97 Å². The van der Waals surface area contributed by atoms with E-state index < -0.39 is 0 Å². The molecule has 2 aromatic rings. The number of rotatable bonds is 6. The summed E-state index contributed by atoms with van der Waals surface area (Å²) in [6, 6.07) is 11.0. The number of anilines is 4. The molecule has 35 heavy (non-hydrogen) atoms. The Morgan fingerprint density at radius 2 is 1.49 bits per heavy atom. The molecule has 0 aliphatic carbocycles. The van der Waals surface area contributed by atoms with Crippen LogP contribution in [0.1, 0.15) is 57.4 Å². The molecule has 3 saturated heterocycles. The lowest BCUT2D eigenvalue weighted by molar-refractivity contribution is 0.444. The van der Waals surface area contributed by atoms with E-state index in [2.05, 4.69) is 62.6 Å². The molecule has 0 saturated carbocycles. The minimum absolute atomic E-state index is 0.558. The van der Waals surface area contributed by atoms with Gasteiger partial charge >= 0.3 is 0 Å². The van der Waals surface area contributed by atoms with Gasteiger partial charge < -0.3 is 25.3 Å². The van der Waals surface area contributed by atoms with Crippen molar-refractivity contribution in [2.45, 2.75) is 58.4 Å². The largest absolute Gasteiger partial charge is 0.372 e. The maximum atomic E-state index is 5.63. The van der Waals surface area contributed by atoms with Crippen LogP contribution in [-0.4, -0.2) is 54.3 Å². The average molecular weight is 494 g/mol. The van der Waals surface area contributed by atoms with Crippen LogP contribution in [0.4, 0.5) is 23.3 Å². The fourth-order valence-electron chi connectivity index (χ4n) is 5.45. The minimum atomic E-state index is 0.558. The molecule has 1 aromatic heterocycles. The maximum absolute atomic E-state index is 5.63. The van der Waals surface area contributed by atoms with Gasteiger partial charge in [0.1, 0.15) is 11.6 Å². The number of hydrogen-bond donors (Lipinski definition) is 2. The Labute approximate surface area is 215 Å². The lowest BCUT2D eigenvalue weighted by Gasteiger charge is -2.33. The van der Waals surface area contributed by atoms with Crippen LogP contribution in [0.3, 0.4) is 0 Å². The SMILES string of the molecule is CC1CCCN(c2cc(N3CCCCC3)nc(NC(=S)NCc3ccc(N4CCCC4)cc3)n2)C1. The molecule has 1 unspecified atom stereocenters. The third kappa shape index (κ3) is 6.34. The van der Waals surface area contributed by atoms with Crippen LogP contribution in [0.2, 0.25) is 0 Å². The second-order valence-corrected chi connectivity index (χ2v) is 10.7. The smallest absolute Gasteiger partial charge is 0.232 e. The fourth-order valence-corrected chi connectivity index (χ4v) is 5.61. The van der Waals surface area contributed by atoms with Gasteiger partial charge in [-0.25, -0.2) is 0 Å². The number of benzene rings is 1. The van der Waals surface area contributed by atoms with Crippen molar-refractivity contribution in [3.05, 3.63) is 35.9 Å². The van der Waals surface area contributed by atoms with Crippen molar-refractivity contribution in [2.75, 3.05) is 59.3 Å². The molecular formula is C27H39N7S. The molecule has 8 heteroatoms. The lowest BCUT2D eigenvalue weighted by atomic mass is 10.0. The van der Waals surface area contributed by atoms with E-state index in [0.29, 0.717) is 23.5 Å². The Morgan fingerprint density at radius 3 is 2.20 bits per heavy atom. The van der Waals surface area contributed by atoms with Crippen LogP contribution in [0.5, 0.6) is 0 Å². The number of nitrogens with zero attached hydrogens (tertiary/aromatic N) is 5. The molecule has 1 atom stereocenters. The third-order valence-electron chi connectivity index (χ3n) is 7.45. The second kappa shape index (κ2) is 11.4. The second-order valence-electron chi connectivity index (χ2n) is 10.3. The highest BCUT2D eigenvalue weighted by atomic mass is 32.1. The predicted octanol–water partition coefficient (Wildman–Crippen LogP) is 4.79. The molecule has 1 aromatic carbocycles. The molecule has 3 fully saturated rings. The third-order valence-corrected chi connectivity index (χ3v) is 7.69. The Bertz CT molecular complexity index is 984. The molecule has 0 spiro atoms. The van der Waals surface area contributed by atoms with E-state index in [9.17, 15) is 0 Å². The summed E-state index contributed by atoms with van der Waals surface area (Å²) < 4.78 is 0. The first-order valence-corrected chi connectivity index (χ1v) is 13.8. The summed E-state index contributed by atoms with van der Waals surface area (Å²) in [5, 5.41) is 7.17. The Morgan fingerprint density at radius 1 is 0.857 bits per heavy atom. The monoisotopic (exact) mass is 493 g/mol. The van der Waals surface area contributed by atoms with Crippen LogP contribution in [0.25, 0.3) is 0 Å². The molecule has 3 aliphatic heterocycles. The minimum Gasteiger partial charge on any atom is -0.372 e. The quantitative estimate of drug-likeness (QED) is 0.557. The van der Waals surface area contributed by atoms with E-state index >= 15 is 0 Å². The zero-order valence-electron chi connectivity index (χ0n) is 21.0. The summed E-state index contributed by atoms with van der Waals surface area (Å²) >= 11 is 5.63. The van der Waals surface area contributed by atoms with E-state index in [0.717, 1.165) is 37.8 Å². The highest BCUT2D eigenvalue weighted by molar-refractivity contribution is 7.80. The van der Waals surface area contributed by atoms with Crippen LogP contribution in [0.15, 0.2) is 30.3 Å².